The molecule has 2 N–H and O–H groups in total. The Bertz CT molecular complexity index is 1570. The Balaban J connectivity index is 1.39. The highest BCUT2D eigenvalue weighted by molar-refractivity contribution is 7.16. The highest BCUT2D eigenvalue weighted by Crippen LogP contribution is 2.39. The number of thiazole rings is 1. The molecule has 44 heavy (non-hydrogen) atoms. The van der Waals surface area contributed by atoms with E-state index in [-0.39, 0.29) is 22.1 Å². The van der Waals surface area contributed by atoms with Gasteiger partial charge < -0.3 is 14.9 Å². The van der Waals surface area contributed by atoms with Crippen molar-refractivity contribution in [3.8, 4) is 11.3 Å². The van der Waals surface area contributed by atoms with Crippen molar-refractivity contribution in [1.82, 2.24) is 19.9 Å². The zero-order valence-corrected chi connectivity index (χ0v) is 25.1. The van der Waals surface area contributed by atoms with Gasteiger partial charge in [0.25, 0.3) is 5.91 Å². The number of likely N-dealkylation sites (tertiary alicyclic amines) is 1. The number of nitrogens with zero attached hydrogens (tertiary/aromatic N) is 5. The first-order valence-corrected chi connectivity index (χ1v) is 15.2. The number of alkyl halides is 3. The summed E-state index contributed by atoms with van der Waals surface area (Å²) in [5.74, 6) is -2.65. The molecule has 2 saturated heterocycles. The second-order valence-corrected chi connectivity index (χ2v) is 12.0. The normalized spacial score (nSPS) is 17.2. The number of piperidine rings is 1. The number of halogens is 4. The Labute approximate surface area is 255 Å². The summed E-state index contributed by atoms with van der Waals surface area (Å²) in [7, 11) is 0. The summed E-state index contributed by atoms with van der Waals surface area (Å²) < 4.78 is 54.7. The maximum absolute atomic E-state index is 14.1. The van der Waals surface area contributed by atoms with Crippen molar-refractivity contribution < 1.29 is 32.3 Å². The number of carbonyl (C=O) groups is 2. The molecule has 0 aliphatic carbocycles. The number of aromatic nitrogens is 3. The number of carbonyl (C=O) groups excluding carboxylic acids is 1. The standard InChI is InChI=1S/C30H32F4N6O3S/c1-3-17(2)23-5-4-10-40(23)16-24-26(19-6-7-21(31)20(13-19)30(32,33)34)37-29(44-24)38-27(41)22-14-36-25(15-35-22)39-11-8-18(9-12-39)28(42)43/h6-7,13-15,18H,3-5,8-12,16H2,1-2H3,(H,42,43)(H,37,38,41)/b23-17+. The van der Waals surface area contributed by atoms with E-state index in [9.17, 15) is 32.3 Å². The van der Waals surface area contributed by atoms with Gasteiger partial charge in [-0.25, -0.2) is 19.3 Å². The molecule has 0 saturated carbocycles. The van der Waals surface area contributed by atoms with E-state index in [1.807, 2.05) is 4.90 Å². The lowest BCUT2D eigenvalue weighted by atomic mass is 9.97. The van der Waals surface area contributed by atoms with Crippen molar-refractivity contribution in [2.24, 2.45) is 5.92 Å². The minimum Gasteiger partial charge on any atom is -0.481 e. The fraction of sp³-hybridized carbons (Fsp3) is 0.433. The number of allylic oxidation sites excluding steroid dienone is 2. The molecule has 0 radical (unpaired) electrons. The molecule has 3 aromatic rings. The summed E-state index contributed by atoms with van der Waals surface area (Å²) in [4.78, 5) is 42.1. The lowest BCUT2D eigenvalue weighted by molar-refractivity contribution is -0.142. The van der Waals surface area contributed by atoms with E-state index in [4.69, 9.17) is 0 Å². The van der Waals surface area contributed by atoms with Crippen molar-refractivity contribution in [1.29, 1.82) is 0 Å². The highest BCUT2D eigenvalue weighted by Gasteiger charge is 2.35. The van der Waals surface area contributed by atoms with Gasteiger partial charge in [-0.1, -0.05) is 23.8 Å². The number of anilines is 2. The number of benzene rings is 1. The Morgan fingerprint density at radius 3 is 2.52 bits per heavy atom. The van der Waals surface area contributed by atoms with Crippen molar-refractivity contribution in [2.45, 2.75) is 58.7 Å². The smallest absolute Gasteiger partial charge is 0.419 e. The number of amides is 1. The molecule has 14 heteroatoms. The van der Waals surface area contributed by atoms with Crippen LogP contribution in [0.5, 0.6) is 0 Å². The van der Waals surface area contributed by atoms with E-state index in [1.54, 1.807) is 0 Å². The van der Waals surface area contributed by atoms with Crippen molar-refractivity contribution in [3.63, 3.8) is 0 Å². The number of hydrogen-bond donors (Lipinski definition) is 2. The lowest BCUT2D eigenvalue weighted by Gasteiger charge is -2.30. The second-order valence-electron chi connectivity index (χ2n) is 10.9. The molecule has 1 aromatic carbocycles. The highest BCUT2D eigenvalue weighted by atomic mass is 32.1. The quantitative estimate of drug-likeness (QED) is 0.268. The van der Waals surface area contributed by atoms with E-state index in [2.05, 4.69) is 39.0 Å². The fourth-order valence-corrected chi connectivity index (χ4v) is 6.51. The molecule has 2 aliphatic heterocycles. The summed E-state index contributed by atoms with van der Waals surface area (Å²) in [6, 6.07) is 2.79. The zero-order valence-electron chi connectivity index (χ0n) is 24.2. The van der Waals surface area contributed by atoms with Crippen LogP contribution in [0.2, 0.25) is 0 Å². The predicted octanol–water partition coefficient (Wildman–Crippen LogP) is 6.59. The van der Waals surface area contributed by atoms with Crippen molar-refractivity contribution >= 4 is 34.2 Å². The van der Waals surface area contributed by atoms with E-state index >= 15 is 0 Å². The van der Waals surface area contributed by atoms with Gasteiger partial charge in [-0.05, 0) is 57.2 Å². The summed E-state index contributed by atoms with van der Waals surface area (Å²) >= 11 is 1.14. The van der Waals surface area contributed by atoms with Crippen LogP contribution in [0.1, 0.15) is 66.9 Å². The second kappa shape index (κ2) is 12.9. The van der Waals surface area contributed by atoms with Crippen LogP contribution < -0.4 is 10.2 Å². The molecular formula is C30H32F4N6O3S. The van der Waals surface area contributed by atoms with E-state index in [0.717, 1.165) is 49.3 Å². The Morgan fingerprint density at radius 2 is 1.89 bits per heavy atom. The molecule has 2 aliphatic rings. The number of nitrogens with one attached hydrogen (secondary N) is 1. The van der Waals surface area contributed by atoms with Crippen LogP contribution in [0.4, 0.5) is 28.5 Å². The summed E-state index contributed by atoms with van der Waals surface area (Å²) in [5, 5.41) is 12.1. The lowest BCUT2D eigenvalue weighted by Crippen LogP contribution is -2.36. The van der Waals surface area contributed by atoms with Crippen LogP contribution in [-0.2, 0) is 17.5 Å². The number of aliphatic carboxylic acids is 1. The molecule has 2 fully saturated rings. The number of rotatable bonds is 8. The van der Waals surface area contributed by atoms with Gasteiger partial charge in [-0.3, -0.25) is 14.9 Å². The van der Waals surface area contributed by atoms with Crippen LogP contribution in [0.3, 0.4) is 0 Å². The van der Waals surface area contributed by atoms with E-state index in [1.165, 1.54) is 29.7 Å². The van der Waals surface area contributed by atoms with Crippen molar-refractivity contribution in [3.05, 3.63) is 63.8 Å². The molecule has 0 bridgehead atoms. The SMILES string of the molecule is CC/C(C)=C1\CCCN1Cc1sc(NC(=O)c2cnc(N3CCC(C(=O)O)CC3)cn2)nc1-c1ccc(F)c(C(F)(F)F)c1. The maximum atomic E-state index is 14.1. The molecule has 0 unspecified atom stereocenters. The van der Waals surface area contributed by atoms with Crippen LogP contribution in [-0.4, -0.2) is 56.5 Å². The monoisotopic (exact) mass is 632 g/mol. The molecular weight excluding hydrogens is 600 g/mol. The molecule has 5 rings (SSSR count). The van der Waals surface area contributed by atoms with Crippen LogP contribution in [0.15, 0.2) is 41.9 Å². The topological polar surface area (TPSA) is 112 Å². The molecule has 9 nitrogen and oxygen atoms in total. The molecule has 1 amide bonds. The molecule has 0 atom stereocenters. The molecule has 2 aromatic heterocycles. The third kappa shape index (κ3) is 6.85. The predicted molar refractivity (Wildman–Crippen MR) is 158 cm³/mol. The summed E-state index contributed by atoms with van der Waals surface area (Å²) in [5.41, 5.74) is 1.38. The largest absolute Gasteiger partial charge is 0.481 e. The fourth-order valence-electron chi connectivity index (χ4n) is 5.51. The zero-order chi connectivity index (χ0) is 31.6. The van der Waals surface area contributed by atoms with Gasteiger partial charge in [0.1, 0.15) is 17.3 Å². The van der Waals surface area contributed by atoms with E-state index < -0.39 is 35.4 Å². The molecule has 4 heterocycles. The molecule has 0 spiro atoms. The first-order valence-electron chi connectivity index (χ1n) is 14.4. The van der Waals surface area contributed by atoms with Gasteiger partial charge in [-0.15, -0.1) is 0 Å². The first kappa shape index (κ1) is 31.4. The average Bonchev–Trinajstić information content (AvgIpc) is 3.63. The third-order valence-electron chi connectivity index (χ3n) is 8.08. The average molecular weight is 633 g/mol. The van der Waals surface area contributed by atoms with Gasteiger partial charge in [0.05, 0.1) is 41.0 Å². The van der Waals surface area contributed by atoms with Gasteiger partial charge >= 0.3 is 12.1 Å². The molecule has 234 valence electrons. The maximum Gasteiger partial charge on any atom is 0.419 e. The first-order chi connectivity index (χ1) is 20.9. The Morgan fingerprint density at radius 1 is 1.14 bits per heavy atom. The van der Waals surface area contributed by atoms with E-state index in [0.29, 0.717) is 43.2 Å². The van der Waals surface area contributed by atoms with Gasteiger partial charge in [-0.2, -0.15) is 13.2 Å². The summed E-state index contributed by atoms with van der Waals surface area (Å²) in [6.07, 6.45) is 1.57. The van der Waals surface area contributed by atoms with Gasteiger partial charge in [0.2, 0.25) is 0 Å². The van der Waals surface area contributed by atoms with Crippen LogP contribution in [0.25, 0.3) is 11.3 Å². The summed E-state index contributed by atoms with van der Waals surface area (Å²) in [6.45, 7) is 6.30. The minimum absolute atomic E-state index is 0.0111. The van der Waals surface area contributed by atoms with Crippen LogP contribution in [0, 0.1) is 11.7 Å². The Hall–Kier alpha value is -4.07. The Kier molecular flexibility index (Phi) is 9.18. The van der Waals surface area contributed by atoms with Gasteiger partial charge in [0.15, 0.2) is 5.13 Å². The third-order valence-corrected chi connectivity index (χ3v) is 9.04. The number of hydrogen-bond acceptors (Lipinski definition) is 8. The number of carboxylic acid groups (broad SMARTS) is 1. The van der Waals surface area contributed by atoms with Crippen LogP contribution >= 0.6 is 11.3 Å². The number of carboxylic acids is 1. The van der Waals surface area contributed by atoms with Crippen molar-refractivity contribution in [2.75, 3.05) is 29.9 Å². The minimum atomic E-state index is -4.88. The van der Waals surface area contributed by atoms with Gasteiger partial charge in [0, 0.05) is 30.9 Å².